The normalized spacial score (nSPS) is 19.1. The van der Waals surface area contributed by atoms with Gasteiger partial charge in [-0.2, -0.15) is 0 Å². The number of hydrogen-bond acceptors (Lipinski definition) is 4. The molecular formula is C15H16ClN3O2S. The van der Waals surface area contributed by atoms with Gasteiger partial charge in [0.1, 0.15) is 5.25 Å². The number of aliphatic imine (C=N–C) groups is 1. The highest BCUT2D eigenvalue weighted by atomic mass is 35.5. The maximum Gasteiger partial charge on any atom is 0.240 e. The minimum atomic E-state index is -0.469. The van der Waals surface area contributed by atoms with Crippen molar-refractivity contribution in [2.75, 3.05) is 11.9 Å². The second-order valence-corrected chi connectivity index (χ2v) is 6.29. The molecule has 1 unspecified atom stereocenters. The van der Waals surface area contributed by atoms with Crippen molar-refractivity contribution in [2.45, 2.75) is 18.6 Å². The first-order chi connectivity index (χ1) is 10.5. The van der Waals surface area contributed by atoms with Crippen molar-refractivity contribution in [1.82, 2.24) is 5.32 Å². The van der Waals surface area contributed by atoms with Crippen LogP contribution in [0.2, 0.25) is 5.02 Å². The summed E-state index contributed by atoms with van der Waals surface area (Å²) in [6, 6.07) is 5.30. The minimum absolute atomic E-state index is 0.0789. The van der Waals surface area contributed by atoms with Gasteiger partial charge in [0.15, 0.2) is 5.17 Å². The molecule has 0 saturated carbocycles. The Bertz CT molecular complexity index is 646. The molecule has 1 saturated heterocycles. The summed E-state index contributed by atoms with van der Waals surface area (Å²) >= 11 is 7.27. The molecule has 7 heteroatoms. The molecule has 1 atom stereocenters. The lowest BCUT2D eigenvalue weighted by molar-refractivity contribution is -0.122. The van der Waals surface area contributed by atoms with Gasteiger partial charge in [0.25, 0.3) is 0 Å². The lowest BCUT2D eigenvalue weighted by atomic mass is 10.2. The van der Waals surface area contributed by atoms with Gasteiger partial charge in [-0.05, 0) is 24.6 Å². The third-order valence-electron chi connectivity index (χ3n) is 3.05. The van der Waals surface area contributed by atoms with Crippen molar-refractivity contribution < 1.29 is 9.59 Å². The van der Waals surface area contributed by atoms with Crippen LogP contribution in [0.5, 0.6) is 0 Å². The van der Waals surface area contributed by atoms with Gasteiger partial charge in [0.05, 0.1) is 6.54 Å². The Hall–Kier alpha value is -1.79. The van der Waals surface area contributed by atoms with Gasteiger partial charge < -0.3 is 10.6 Å². The molecule has 2 rings (SSSR count). The molecule has 2 N–H and O–H groups in total. The molecule has 0 aliphatic carbocycles. The summed E-state index contributed by atoms with van der Waals surface area (Å²) in [5.41, 5.74) is 1.45. The zero-order valence-electron chi connectivity index (χ0n) is 12.1. The van der Waals surface area contributed by atoms with Gasteiger partial charge in [0, 0.05) is 17.1 Å². The summed E-state index contributed by atoms with van der Waals surface area (Å²) in [5.74, 6) is -0.436. The van der Waals surface area contributed by atoms with Crippen molar-refractivity contribution in [3.8, 4) is 0 Å². The van der Waals surface area contributed by atoms with E-state index in [0.717, 1.165) is 5.56 Å². The summed E-state index contributed by atoms with van der Waals surface area (Å²) in [4.78, 5) is 28.1. The van der Waals surface area contributed by atoms with E-state index in [1.807, 2.05) is 6.92 Å². The number of halogens is 1. The smallest absolute Gasteiger partial charge is 0.240 e. The molecule has 0 aromatic heterocycles. The summed E-state index contributed by atoms with van der Waals surface area (Å²) in [7, 11) is 0. The van der Waals surface area contributed by atoms with E-state index in [1.165, 1.54) is 11.8 Å². The van der Waals surface area contributed by atoms with Gasteiger partial charge in [0.2, 0.25) is 11.8 Å². The van der Waals surface area contributed by atoms with Crippen LogP contribution in [0, 0.1) is 6.92 Å². The third kappa shape index (κ3) is 4.11. The number of benzene rings is 1. The minimum Gasteiger partial charge on any atom is -0.326 e. The first-order valence-electron chi connectivity index (χ1n) is 6.69. The highest BCUT2D eigenvalue weighted by molar-refractivity contribution is 8.15. The van der Waals surface area contributed by atoms with Crippen LogP contribution in [-0.2, 0) is 9.59 Å². The number of carbonyl (C=O) groups is 2. The van der Waals surface area contributed by atoms with Crippen LogP contribution in [0.15, 0.2) is 35.8 Å². The van der Waals surface area contributed by atoms with E-state index in [2.05, 4.69) is 22.2 Å². The highest BCUT2D eigenvalue weighted by Gasteiger charge is 2.31. The van der Waals surface area contributed by atoms with Crippen LogP contribution in [0.1, 0.15) is 12.0 Å². The van der Waals surface area contributed by atoms with E-state index in [1.54, 1.807) is 24.3 Å². The zero-order valence-corrected chi connectivity index (χ0v) is 13.6. The van der Waals surface area contributed by atoms with Crippen molar-refractivity contribution in [1.29, 1.82) is 0 Å². The average Bonchev–Trinajstić information content (AvgIpc) is 2.82. The Labute approximate surface area is 138 Å². The molecule has 0 radical (unpaired) electrons. The number of anilines is 1. The van der Waals surface area contributed by atoms with Gasteiger partial charge in [-0.3, -0.25) is 14.6 Å². The molecule has 1 aliphatic heterocycles. The molecule has 0 bridgehead atoms. The number of nitrogens with zero attached hydrogens (tertiary/aromatic N) is 1. The molecular weight excluding hydrogens is 322 g/mol. The van der Waals surface area contributed by atoms with Crippen molar-refractivity contribution in [3.63, 3.8) is 0 Å². The summed E-state index contributed by atoms with van der Waals surface area (Å²) < 4.78 is 0. The summed E-state index contributed by atoms with van der Waals surface area (Å²) in [6.45, 7) is 5.83. The monoisotopic (exact) mass is 337 g/mol. The molecule has 2 amide bonds. The van der Waals surface area contributed by atoms with Crippen LogP contribution in [0.4, 0.5) is 5.69 Å². The first kappa shape index (κ1) is 16.6. The molecule has 1 aliphatic rings. The number of hydrogen-bond donors (Lipinski definition) is 2. The standard InChI is InChI=1S/C15H16ClN3O2S/c1-3-7-17-15-19-14(21)12(22-15)8-13(20)18-11-6-4-5-10(16)9(11)2/h3-6,12H,1,7-8H2,2H3,(H,18,20)(H,17,19,21). The number of amidine groups is 1. The Morgan fingerprint density at radius 1 is 1.59 bits per heavy atom. The molecule has 1 fully saturated rings. The van der Waals surface area contributed by atoms with Crippen molar-refractivity contribution in [3.05, 3.63) is 41.4 Å². The van der Waals surface area contributed by atoms with Gasteiger partial charge in [-0.1, -0.05) is 35.5 Å². The molecule has 1 heterocycles. The van der Waals surface area contributed by atoms with Crippen LogP contribution in [-0.4, -0.2) is 28.8 Å². The maximum absolute atomic E-state index is 12.1. The fraction of sp³-hybridized carbons (Fsp3) is 0.267. The Balaban J connectivity index is 1.96. The average molecular weight is 338 g/mol. The van der Waals surface area contributed by atoms with E-state index in [4.69, 9.17) is 11.6 Å². The number of carbonyl (C=O) groups excluding carboxylic acids is 2. The Morgan fingerprint density at radius 2 is 2.36 bits per heavy atom. The Kier molecular flexibility index (Phi) is 5.63. The number of amides is 2. The molecule has 1 aromatic rings. The Morgan fingerprint density at radius 3 is 3.09 bits per heavy atom. The predicted molar refractivity (Wildman–Crippen MR) is 91.5 cm³/mol. The fourth-order valence-electron chi connectivity index (χ4n) is 1.87. The second kappa shape index (κ2) is 7.47. The quantitative estimate of drug-likeness (QED) is 0.812. The zero-order chi connectivity index (χ0) is 16.1. The lowest BCUT2D eigenvalue weighted by Gasteiger charge is -2.10. The van der Waals surface area contributed by atoms with E-state index >= 15 is 0 Å². The van der Waals surface area contributed by atoms with Crippen molar-refractivity contribution in [2.24, 2.45) is 4.99 Å². The number of nitrogens with one attached hydrogen (secondary N) is 2. The number of rotatable bonds is 5. The molecule has 5 nitrogen and oxygen atoms in total. The fourth-order valence-corrected chi connectivity index (χ4v) is 3.03. The van der Waals surface area contributed by atoms with Gasteiger partial charge in [-0.25, -0.2) is 0 Å². The van der Waals surface area contributed by atoms with Crippen LogP contribution < -0.4 is 10.6 Å². The van der Waals surface area contributed by atoms with E-state index < -0.39 is 5.25 Å². The van der Waals surface area contributed by atoms with E-state index in [9.17, 15) is 9.59 Å². The van der Waals surface area contributed by atoms with Crippen LogP contribution in [0.25, 0.3) is 0 Å². The molecule has 116 valence electrons. The maximum atomic E-state index is 12.1. The van der Waals surface area contributed by atoms with Crippen LogP contribution in [0.3, 0.4) is 0 Å². The van der Waals surface area contributed by atoms with E-state index in [0.29, 0.717) is 22.4 Å². The second-order valence-electron chi connectivity index (χ2n) is 4.69. The van der Waals surface area contributed by atoms with Gasteiger partial charge in [-0.15, -0.1) is 6.58 Å². The van der Waals surface area contributed by atoms with E-state index in [-0.39, 0.29) is 18.2 Å². The highest BCUT2D eigenvalue weighted by Crippen LogP contribution is 2.25. The first-order valence-corrected chi connectivity index (χ1v) is 7.95. The van der Waals surface area contributed by atoms with Crippen LogP contribution >= 0.6 is 23.4 Å². The van der Waals surface area contributed by atoms with Crippen molar-refractivity contribution >= 4 is 46.0 Å². The largest absolute Gasteiger partial charge is 0.326 e. The SMILES string of the molecule is C=CCN=C1NC(=O)C(CC(=O)Nc2cccc(Cl)c2C)S1. The number of thioether (sulfide) groups is 1. The third-order valence-corrected chi connectivity index (χ3v) is 4.58. The lowest BCUT2D eigenvalue weighted by Crippen LogP contribution is -2.28. The molecule has 1 aromatic carbocycles. The summed E-state index contributed by atoms with van der Waals surface area (Å²) in [6.07, 6.45) is 1.72. The molecule has 0 spiro atoms. The predicted octanol–water partition coefficient (Wildman–Crippen LogP) is 2.75. The molecule has 22 heavy (non-hydrogen) atoms. The topological polar surface area (TPSA) is 70.6 Å². The summed E-state index contributed by atoms with van der Waals surface area (Å²) in [5, 5.41) is 6.08. The van der Waals surface area contributed by atoms with Gasteiger partial charge >= 0.3 is 0 Å².